The number of methoxy groups -OCH3 is 2. The lowest BCUT2D eigenvalue weighted by Gasteiger charge is -2.18. The molecule has 0 amide bonds. The van der Waals surface area contributed by atoms with Crippen LogP contribution in [0.4, 0.5) is 0 Å². The SMILES string of the molecule is COc1cc(OC)c(OCc2ccccc2)c(Pc2ccccc2C(C)O)c1. The van der Waals surface area contributed by atoms with E-state index in [-0.39, 0.29) is 8.58 Å². The molecule has 2 atom stereocenters. The lowest BCUT2D eigenvalue weighted by molar-refractivity contribution is 0.200. The average Bonchev–Trinajstić information content (AvgIpc) is 2.73. The fourth-order valence-electron chi connectivity index (χ4n) is 2.94. The van der Waals surface area contributed by atoms with E-state index < -0.39 is 6.10 Å². The Balaban J connectivity index is 1.98. The summed E-state index contributed by atoms with van der Waals surface area (Å²) in [5, 5.41) is 12.2. The Labute approximate surface area is 167 Å². The van der Waals surface area contributed by atoms with Crippen molar-refractivity contribution in [3.63, 3.8) is 0 Å². The van der Waals surface area contributed by atoms with E-state index >= 15 is 0 Å². The quantitative estimate of drug-likeness (QED) is 0.586. The van der Waals surface area contributed by atoms with Gasteiger partial charge in [-0.1, -0.05) is 63.2 Å². The molecule has 0 fully saturated rings. The molecule has 0 saturated carbocycles. The van der Waals surface area contributed by atoms with Crippen LogP contribution in [0.5, 0.6) is 17.2 Å². The summed E-state index contributed by atoms with van der Waals surface area (Å²) in [5.41, 5.74) is 2.00. The Morgan fingerprint density at radius 2 is 1.61 bits per heavy atom. The standard InChI is InChI=1S/C23H25O4P/c1-16(24)19-11-7-8-12-21(19)28-22-14-18(25-2)13-20(26-3)23(22)27-15-17-9-5-4-6-10-17/h4-14,16,24,28H,15H2,1-3H3. The van der Waals surface area contributed by atoms with Crippen LogP contribution >= 0.6 is 8.58 Å². The van der Waals surface area contributed by atoms with E-state index in [1.54, 1.807) is 21.1 Å². The van der Waals surface area contributed by atoms with Crippen LogP contribution in [0.2, 0.25) is 0 Å². The molecule has 28 heavy (non-hydrogen) atoms. The second kappa shape index (κ2) is 9.59. The highest BCUT2D eigenvalue weighted by Gasteiger charge is 2.17. The first-order valence-corrected chi connectivity index (χ1v) is 10.1. The molecule has 0 aliphatic rings. The zero-order valence-corrected chi connectivity index (χ0v) is 17.3. The number of ether oxygens (including phenoxy) is 3. The number of aliphatic hydroxyl groups excluding tert-OH is 1. The topological polar surface area (TPSA) is 47.9 Å². The van der Waals surface area contributed by atoms with Crippen molar-refractivity contribution in [2.24, 2.45) is 0 Å². The molecule has 0 aliphatic carbocycles. The highest BCUT2D eigenvalue weighted by atomic mass is 31.1. The molecular formula is C23H25O4P. The maximum atomic E-state index is 10.1. The number of aliphatic hydroxyl groups is 1. The second-order valence-electron chi connectivity index (χ2n) is 6.37. The van der Waals surface area contributed by atoms with Gasteiger partial charge in [0.15, 0.2) is 11.5 Å². The summed E-state index contributed by atoms with van der Waals surface area (Å²) < 4.78 is 17.2. The summed E-state index contributed by atoms with van der Waals surface area (Å²) in [6.07, 6.45) is -0.537. The van der Waals surface area contributed by atoms with E-state index in [0.29, 0.717) is 23.9 Å². The van der Waals surface area contributed by atoms with E-state index in [1.165, 1.54) is 0 Å². The molecule has 3 aromatic carbocycles. The van der Waals surface area contributed by atoms with Crippen LogP contribution in [-0.2, 0) is 6.61 Å². The van der Waals surface area contributed by atoms with Gasteiger partial charge in [-0.3, -0.25) is 0 Å². The normalized spacial score (nSPS) is 12.1. The minimum atomic E-state index is -0.537. The van der Waals surface area contributed by atoms with Crippen LogP contribution in [0.25, 0.3) is 0 Å². The zero-order chi connectivity index (χ0) is 19.9. The fraction of sp³-hybridized carbons (Fsp3) is 0.217. The van der Waals surface area contributed by atoms with Crippen molar-refractivity contribution in [2.75, 3.05) is 14.2 Å². The van der Waals surface area contributed by atoms with E-state index in [0.717, 1.165) is 21.7 Å². The van der Waals surface area contributed by atoms with Gasteiger partial charge in [0, 0.05) is 11.4 Å². The first-order chi connectivity index (χ1) is 13.6. The average molecular weight is 396 g/mol. The van der Waals surface area contributed by atoms with E-state index in [9.17, 15) is 5.11 Å². The summed E-state index contributed by atoms with van der Waals surface area (Å²) in [4.78, 5) is 0. The van der Waals surface area contributed by atoms with Crippen LogP contribution < -0.4 is 24.8 Å². The van der Waals surface area contributed by atoms with Crippen LogP contribution in [0, 0.1) is 0 Å². The number of rotatable bonds is 8. The molecule has 0 heterocycles. The molecule has 146 valence electrons. The smallest absolute Gasteiger partial charge is 0.169 e. The Morgan fingerprint density at radius 3 is 2.29 bits per heavy atom. The predicted octanol–water partition coefficient (Wildman–Crippen LogP) is 3.97. The largest absolute Gasteiger partial charge is 0.497 e. The third-order valence-electron chi connectivity index (χ3n) is 4.39. The Bertz CT molecular complexity index is 910. The van der Waals surface area contributed by atoms with Gasteiger partial charge in [0.1, 0.15) is 12.4 Å². The molecule has 5 heteroatoms. The van der Waals surface area contributed by atoms with Gasteiger partial charge in [-0.2, -0.15) is 0 Å². The van der Waals surface area contributed by atoms with Gasteiger partial charge < -0.3 is 19.3 Å². The van der Waals surface area contributed by atoms with Crippen molar-refractivity contribution in [1.82, 2.24) is 0 Å². The summed E-state index contributed by atoms with van der Waals surface area (Å²) >= 11 is 0. The Morgan fingerprint density at radius 1 is 0.893 bits per heavy atom. The molecule has 3 aromatic rings. The third-order valence-corrected chi connectivity index (χ3v) is 5.76. The highest BCUT2D eigenvalue weighted by Crippen LogP contribution is 2.35. The maximum Gasteiger partial charge on any atom is 0.169 e. The third kappa shape index (κ3) is 4.83. The molecule has 0 spiro atoms. The minimum Gasteiger partial charge on any atom is -0.497 e. The summed E-state index contributed by atoms with van der Waals surface area (Å²) in [6, 6.07) is 21.7. The molecular weight excluding hydrogens is 371 g/mol. The zero-order valence-electron chi connectivity index (χ0n) is 16.3. The lowest BCUT2D eigenvalue weighted by Crippen LogP contribution is -2.14. The van der Waals surface area contributed by atoms with Crippen LogP contribution in [0.15, 0.2) is 66.7 Å². The first-order valence-electron chi connectivity index (χ1n) is 9.09. The van der Waals surface area contributed by atoms with Gasteiger partial charge >= 0.3 is 0 Å². The fourth-order valence-corrected chi connectivity index (χ4v) is 4.37. The predicted molar refractivity (Wildman–Crippen MR) is 115 cm³/mol. The molecule has 0 saturated heterocycles. The van der Waals surface area contributed by atoms with Gasteiger partial charge in [0.05, 0.1) is 20.3 Å². The van der Waals surface area contributed by atoms with Crippen molar-refractivity contribution < 1.29 is 19.3 Å². The van der Waals surface area contributed by atoms with Crippen LogP contribution in [-0.4, -0.2) is 19.3 Å². The van der Waals surface area contributed by atoms with Crippen molar-refractivity contribution in [3.8, 4) is 17.2 Å². The molecule has 0 aromatic heterocycles. The number of hydrogen-bond acceptors (Lipinski definition) is 4. The first kappa shape index (κ1) is 20.2. The second-order valence-corrected chi connectivity index (χ2v) is 7.70. The van der Waals surface area contributed by atoms with E-state index in [4.69, 9.17) is 14.2 Å². The van der Waals surface area contributed by atoms with Crippen molar-refractivity contribution in [2.45, 2.75) is 19.6 Å². The molecule has 0 aliphatic heterocycles. The van der Waals surface area contributed by atoms with Gasteiger partial charge in [-0.05, 0) is 29.4 Å². The number of hydrogen-bond donors (Lipinski definition) is 1. The van der Waals surface area contributed by atoms with Crippen molar-refractivity contribution >= 4 is 19.2 Å². The van der Waals surface area contributed by atoms with Gasteiger partial charge in [0.2, 0.25) is 0 Å². The van der Waals surface area contributed by atoms with Crippen LogP contribution in [0.3, 0.4) is 0 Å². The molecule has 1 N–H and O–H groups in total. The summed E-state index contributed by atoms with van der Waals surface area (Å²) in [7, 11) is 3.55. The number of benzene rings is 3. The monoisotopic (exact) mass is 396 g/mol. The van der Waals surface area contributed by atoms with Crippen LogP contribution in [0.1, 0.15) is 24.2 Å². The molecule has 3 rings (SSSR count). The Kier molecular flexibility index (Phi) is 6.91. The lowest BCUT2D eigenvalue weighted by atomic mass is 10.1. The van der Waals surface area contributed by atoms with Crippen molar-refractivity contribution in [1.29, 1.82) is 0 Å². The molecule has 0 radical (unpaired) electrons. The maximum absolute atomic E-state index is 10.1. The van der Waals surface area contributed by atoms with E-state index in [1.807, 2.05) is 66.7 Å². The summed E-state index contributed by atoms with van der Waals surface area (Å²) in [5.74, 6) is 2.04. The Hall–Kier alpha value is -2.55. The summed E-state index contributed by atoms with van der Waals surface area (Å²) in [6.45, 7) is 2.22. The van der Waals surface area contributed by atoms with Gasteiger partial charge in [-0.25, -0.2) is 0 Å². The van der Waals surface area contributed by atoms with Gasteiger partial charge in [-0.15, -0.1) is 0 Å². The molecule has 0 bridgehead atoms. The van der Waals surface area contributed by atoms with E-state index in [2.05, 4.69) is 0 Å². The molecule has 2 unspecified atom stereocenters. The highest BCUT2D eigenvalue weighted by molar-refractivity contribution is 7.56. The van der Waals surface area contributed by atoms with Gasteiger partial charge in [0.25, 0.3) is 0 Å². The minimum absolute atomic E-state index is 0.289. The molecule has 4 nitrogen and oxygen atoms in total. The van der Waals surface area contributed by atoms with Crippen molar-refractivity contribution in [3.05, 3.63) is 77.9 Å².